The van der Waals surface area contributed by atoms with Gasteiger partial charge in [0.1, 0.15) is 23.7 Å². The summed E-state index contributed by atoms with van der Waals surface area (Å²) in [7, 11) is 1.13. The quantitative estimate of drug-likeness (QED) is 0.102. The van der Waals surface area contributed by atoms with Gasteiger partial charge in [0.15, 0.2) is 0 Å². The fraction of sp³-hybridized carbons (Fsp3) is 0.526. The summed E-state index contributed by atoms with van der Waals surface area (Å²) in [4.78, 5) is 80.5. The van der Waals surface area contributed by atoms with Crippen LogP contribution in [0.15, 0.2) is 60.7 Å². The summed E-state index contributed by atoms with van der Waals surface area (Å²) in [5.41, 5.74) is 12.0. The molecule has 3 rings (SSSR count). The molecule has 15 heteroatoms. The Morgan fingerprint density at radius 2 is 1.32 bits per heavy atom. The molecule has 1 fully saturated rings. The van der Waals surface area contributed by atoms with Crippen LogP contribution in [0.2, 0.25) is 0 Å². The Hall–Kier alpha value is -5.02. The summed E-state index contributed by atoms with van der Waals surface area (Å²) < 4.78 is 4.60. The SMILES string of the molecule is COC(=O)NC1(C(=O)O)CCN(C(=O)[C@@H](CCCCN)NC(=O)[C@@H](CC(C)C)NC(=O)[C@@H](Cc2ccccc2)NC(=O)[C@H](N)Cc2ccccc2)CC1. The maximum atomic E-state index is 13.9. The van der Waals surface area contributed by atoms with E-state index in [0.29, 0.717) is 19.4 Å². The number of hydrogen-bond donors (Lipinski definition) is 7. The van der Waals surface area contributed by atoms with Crippen molar-refractivity contribution in [3.63, 3.8) is 0 Å². The van der Waals surface area contributed by atoms with Crippen LogP contribution in [0.1, 0.15) is 63.5 Å². The van der Waals surface area contributed by atoms with E-state index in [-0.39, 0.29) is 57.5 Å². The molecule has 0 aliphatic carbocycles. The molecule has 0 bridgehead atoms. The average Bonchev–Trinajstić information content (AvgIpc) is 3.14. The van der Waals surface area contributed by atoms with Gasteiger partial charge in [0.25, 0.3) is 0 Å². The number of nitrogens with two attached hydrogens (primary N) is 2. The van der Waals surface area contributed by atoms with Crippen LogP contribution in [-0.4, -0.2) is 102 Å². The van der Waals surface area contributed by atoms with Gasteiger partial charge in [0, 0.05) is 19.5 Å². The third-order valence-corrected chi connectivity index (χ3v) is 9.32. The molecule has 5 amide bonds. The average molecular weight is 738 g/mol. The van der Waals surface area contributed by atoms with E-state index in [9.17, 15) is 33.9 Å². The molecule has 1 aliphatic heterocycles. The van der Waals surface area contributed by atoms with Gasteiger partial charge in [-0.25, -0.2) is 9.59 Å². The van der Waals surface area contributed by atoms with Gasteiger partial charge in [-0.2, -0.15) is 0 Å². The van der Waals surface area contributed by atoms with Crippen LogP contribution >= 0.6 is 0 Å². The monoisotopic (exact) mass is 737 g/mol. The predicted octanol–water partition coefficient (Wildman–Crippen LogP) is 1.23. The molecule has 1 heterocycles. The van der Waals surface area contributed by atoms with E-state index >= 15 is 0 Å². The van der Waals surface area contributed by atoms with Gasteiger partial charge in [-0.05, 0) is 68.5 Å². The molecule has 4 atom stereocenters. The Kier molecular flexibility index (Phi) is 16.7. The number of hydrogen-bond acceptors (Lipinski definition) is 9. The molecule has 1 saturated heterocycles. The lowest BCUT2D eigenvalue weighted by Gasteiger charge is -2.40. The Balaban J connectivity index is 1.78. The second-order valence-corrected chi connectivity index (χ2v) is 13.9. The number of amides is 5. The van der Waals surface area contributed by atoms with Crippen LogP contribution in [0.4, 0.5) is 4.79 Å². The summed E-state index contributed by atoms with van der Waals surface area (Å²) in [6.45, 7) is 4.20. The third kappa shape index (κ3) is 13.2. The fourth-order valence-corrected chi connectivity index (χ4v) is 6.26. The molecule has 0 aromatic heterocycles. The highest BCUT2D eigenvalue weighted by Gasteiger charge is 2.45. The van der Waals surface area contributed by atoms with E-state index in [4.69, 9.17) is 11.5 Å². The summed E-state index contributed by atoms with van der Waals surface area (Å²) in [5, 5.41) is 20.7. The Labute approximate surface area is 310 Å². The van der Waals surface area contributed by atoms with Crippen LogP contribution in [0.25, 0.3) is 0 Å². The van der Waals surface area contributed by atoms with E-state index in [1.54, 1.807) is 0 Å². The minimum absolute atomic E-state index is 0.0117. The van der Waals surface area contributed by atoms with Gasteiger partial charge in [-0.15, -0.1) is 0 Å². The zero-order valence-electron chi connectivity index (χ0n) is 30.8. The van der Waals surface area contributed by atoms with E-state index in [1.165, 1.54) is 4.90 Å². The van der Waals surface area contributed by atoms with Crippen molar-refractivity contribution in [1.29, 1.82) is 0 Å². The molecular weight excluding hydrogens is 682 g/mol. The van der Waals surface area contributed by atoms with Crippen LogP contribution in [-0.2, 0) is 41.6 Å². The zero-order valence-corrected chi connectivity index (χ0v) is 30.8. The van der Waals surface area contributed by atoms with Crippen molar-refractivity contribution in [3.8, 4) is 0 Å². The molecule has 0 saturated carbocycles. The standard InChI is InChI=1S/C38H55N7O8/c1-25(2)22-30(43-34(48)31(24-27-14-8-5-9-15-27)42-32(46)28(40)23-26-12-6-4-7-13-26)33(47)41-29(16-10-11-19-39)35(49)45-20-17-38(18-21-45,36(50)51)44-37(52)53-3/h4-9,12-15,25,28-31H,10-11,16-24,39-40H2,1-3H3,(H,41,47)(H,42,46)(H,43,48)(H,44,52)(H,50,51)/t28-,29-,30-,31-/m1/s1. The summed E-state index contributed by atoms with van der Waals surface area (Å²) >= 11 is 0. The summed E-state index contributed by atoms with van der Waals surface area (Å²) in [6.07, 6.45) is 1.01. The predicted molar refractivity (Wildman–Crippen MR) is 198 cm³/mol. The maximum Gasteiger partial charge on any atom is 0.407 e. The molecule has 2 aromatic carbocycles. The molecule has 2 aromatic rings. The van der Waals surface area contributed by atoms with Gasteiger partial charge in [0.05, 0.1) is 13.2 Å². The molecular formula is C38H55N7O8. The van der Waals surface area contributed by atoms with Gasteiger partial charge in [-0.1, -0.05) is 74.5 Å². The van der Waals surface area contributed by atoms with Crippen molar-refractivity contribution in [3.05, 3.63) is 71.8 Å². The highest BCUT2D eigenvalue weighted by atomic mass is 16.5. The first-order chi connectivity index (χ1) is 25.3. The first-order valence-electron chi connectivity index (χ1n) is 18.1. The number of benzene rings is 2. The van der Waals surface area contributed by atoms with Gasteiger partial charge < -0.3 is 47.5 Å². The lowest BCUT2D eigenvalue weighted by Crippen LogP contribution is -2.62. The number of likely N-dealkylation sites (tertiary alicyclic amines) is 1. The van der Waals surface area contributed by atoms with E-state index in [2.05, 4.69) is 26.0 Å². The smallest absolute Gasteiger partial charge is 0.407 e. The number of carboxylic acids is 1. The van der Waals surface area contributed by atoms with Crippen molar-refractivity contribution in [1.82, 2.24) is 26.2 Å². The molecule has 1 aliphatic rings. The number of nitrogens with zero attached hydrogens (tertiary/aromatic N) is 1. The van der Waals surface area contributed by atoms with Crippen LogP contribution in [0.3, 0.4) is 0 Å². The van der Waals surface area contributed by atoms with E-state index < -0.39 is 65.4 Å². The van der Waals surface area contributed by atoms with E-state index in [0.717, 1.165) is 18.2 Å². The van der Waals surface area contributed by atoms with Crippen molar-refractivity contribution in [2.45, 2.75) is 94.9 Å². The summed E-state index contributed by atoms with van der Waals surface area (Å²) in [6, 6.07) is 14.4. The number of unbranched alkanes of at least 4 members (excludes halogenated alkanes) is 1. The number of piperidine rings is 1. The molecule has 0 unspecified atom stereocenters. The molecule has 53 heavy (non-hydrogen) atoms. The molecule has 0 spiro atoms. The Morgan fingerprint density at radius 1 is 0.792 bits per heavy atom. The maximum absolute atomic E-state index is 13.9. The topological polar surface area (TPSA) is 235 Å². The van der Waals surface area contributed by atoms with Crippen molar-refractivity contribution in [2.24, 2.45) is 17.4 Å². The fourth-order valence-electron chi connectivity index (χ4n) is 6.26. The third-order valence-electron chi connectivity index (χ3n) is 9.32. The van der Waals surface area contributed by atoms with Gasteiger partial charge >= 0.3 is 12.1 Å². The van der Waals surface area contributed by atoms with Crippen LogP contribution in [0.5, 0.6) is 0 Å². The largest absolute Gasteiger partial charge is 0.480 e. The lowest BCUT2D eigenvalue weighted by molar-refractivity contribution is -0.149. The number of ether oxygens (including phenoxy) is 1. The number of methoxy groups -OCH3 is 1. The molecule has 9 N–H and O–H groups in total. The number of carbonyl (C=O) groups is 6. The van der Waals surface area contributed by atoms with Gasteiger partial charge in [0.2, 0.25) is 23.6 Å². The first kappa shape index (κ1) is 42.4. The minimum Gasteiger partial charge on any atom is -0.480 e. The number of aliphatic carboxylic acids is 1. The highest BCUT2D eigenvalue weighted by molar-refractivity contribution is 5.95. The van der Waals surface area contributed by atoms with Crippen LogP contribution in [0, 0.1) is 5.92 Å². The molecule has 0 radical (unpaired) electrons. The van der Waals surface area contributed by atoms with Crippen molar-refractivity contribution in [2.75, 3.05) is 26.7 Å². The second-order valence-electron chi connectivity index (χ2n) is 13.9. The van der Waals surface area contributed by atoms with Crippen molar-refractivity contribution < 1.29 is 38.6 Å². The van der Waals surface area contributed by atoms with Crippen molar-refractivity contribution >= 4 is 35.7 Å². The Morgan fingerprint density at radius 3 is 1.85 bits per heavy atom. The minimum atomic E-state index is -1.61. The second kappa shape index (κ2) is 20.9. The van der Waals surface area contributed by atoms with E-state index in [1.807, 2.05) is 74.5 Å². The van der Waals surface area contributed by atoms with Crippen LogP contribution < -0.4 is 32.7 Å². The first-order valence-corrected chi connectivity index (χ1v) is 18.1. The number of rotatable bonds is 19. The highest BCUT2D eigenvalue weighted by Crippen LogP contribution is 2.24. The number of carboxylic acid groups (broad SMARTS) is 1. The molecule has 15 nitrogen and oxygen atoms in total. The molecule has 290 valence electrons. The number of alkyl carbamates (subject to hydrolysis) is 1. The Bertz CT molecular complexity index is 1520. The number of nitrogens with one attached hydrogen (secondary N) is 4. The summed E-state index contributed by atoms with van der Waals surface area (Å²) in [5.74, 6) is -3.37. The normalized spacial score (nSPS) is 16.0. The zero-order chi connectivity index (χ0) is 39.0. The number of carbonyl (C=O) groups excluding carboxylic acids is 5. The lowest BCUT2D eigenvalue weighted by atomic mass is 9.87. The van der Waals surface area contributed by atoms with Gasteiger partial charge in [-0.3, -0.25) is 19.2 Å².